The highest BCUT2D eigenvalue weighted by Crippen LogP contribution is 2.30. The average molecular weight is 297 g/mol. The molecule has 0 heterocycles. The average Bonchev–Trinajstić information content (AvgIpc) is 3.19. The number of carboxylic acid groups (broad SMARTS) is 1. The maximum absolute atomic E-state index is 12.4. The first kappa shape index (κ1) is 15.0. The van der Waals surface area contributed by atoms with Crippen LogP contribution in [0, 0.1) is 0 Å². The minimum atomic E-state index is -3.38. The third-order valence-corrected chi connectivity index (χ3v) is 5.17. The summed E-state index contributed by atoms with van der Waals surface area (Å²) in [6.45, 7) is 2.49. The summed E-state index contributed by atoms with van der Waals surface area (Å²) in [6, 6.07) is 6.26. The molecule has 0 saturated heterocycles. The molecule has 0 atom stereocenters. The number of hydrogen-bond acceptors (Lipinski definition) is 3. The van der Waals surface area contributed by atoms with Crippen molar-refractivity contribution in [2.45, 2.75) is 38.0 Å². The molecule has 0 unspecified atom stereocenters. The van der Waals surface area contributed by atoms with E-state index < -0.39 is 16.0 Å². The predicted molar refractivity (Wildman–Crippen MR) is 76.0 cm³/mol. The number of sulfonamides is 1. The van der Waals surface area contributed by atoms with Crippen molar-refractivity contribution in [1.82, 2.24) is 4.31 Å². The Balaban J connectivity index is 2.18. The van der Waals surface area contributed by atoms with E-state index in [-0.39, 0.29) is 17.4 Å². The predicted octanol–water partition coefficient (Wildman–Crippen LogP) is 2.09. The van der Waals surface area contributed by atoms with Gasteiger partial charge in [-0.2, -0.15) is 4.31 Å². The van der Waals surface area contributed by atoms with Crippen LogP contribution in [0.2, 0.25) is 0 Å². The van der Waals surface area contributed by atoms with Crippen molar-refractivity contribution in [3.8, 4) is 0 Å². The maximum Gasteiger partial charge on any atom is 0.335 e. The summed E-state index contributed by atoms with van der Waals surface area (Å²) >= 11 is 0. The summed E-state index contributed by atoms with van der Waals surface area (Å²) in [5, 5.41) is 8.94. The Hall–Kier alpha value is -1.40. The van der Waals surface area contributed by atoms with Crippen LogP contribution in [-0.4, -0.2) is 36.4 Å². The van der Waals surface area contributed by atoms with Crippen LogP contribution in [0.4, 0.5) is 0 Å². The zero-order valence-electron chi connectivity index (χ0n) is 11.4. The fourth-order valence-corrected chi connectivity index (χ4v) is 4.11. The van der Waals surface area contributed by atoms with Gasteiger partial charge in [0.05, 0.1) is 11.3 Å². The molecule has 1 N–H and O–H groups in total. The molecule has 1 fully saturated rings. The topological polar surface area (TPSA) is 74.7 Å². The standard InChI is InChI=1S/C14H19NO4S/c1-2-8-15(13-6-7-13)20(18,19)10-11-4-3-5-12(9-11)14(16)17/h3-5,9,13H,2,6-8,10H2,1H3,(H,16,17). The van der Waals surface area contributed by atoms with Gasteiger partial charge in [0, 0.05) is 12.6 Å². The Morgan fingerprint density at radius 1 is 1.40 bits per heavy atom. The second-order valence-corrected chi connectivity index (χ2v) is 7.03. The van der Waals surface area contributed by atoms with Crippen LogP contribution in [-0.2, 0) is 15.8 Å². The first-order valence-corrected chi connectivity index (χ1v) is 8.36. The van der Waals surface area contributed by atoms with Crippen LogP contribution in [0.1, 0.15) is 42.1 Å². The quantitative estimate of drug-likeness (QED) is 0.836. The number of nitrogens with zero attached hydrogens (tertiary/aromatic N) is 1. The lowest BCUT2D eigenvalue weighted by Crippen LogP contribution is -2.34. The normalized spacial score (nSPS) is 15.5. The molecule has 110 valence electrons. The Kier molecular flexibility index (Phi) is 4.45. The number of rotatable bonds is 7. The monoisotopic (exact) mass is 297 g/mol. The van der Waals surface area contributed by atoms with E-state index in [1.54, 1.807) is 16.4 Å². The Bertz CT molecular complexity index is 593. The number of aromatic carboxylic acids is 1. The molecule has 6 heteroatoms. The molecule has 0 radical (unpaired) electrons. The molecule has 2 rings (SSSR count). The van der Waals surface area contributed by atoms with Crippen molar-refractivity contribution < 1.29 is 18.3 Å². The van der Waals surface area contributed by atoms with Crippen molar-refractivity contribution in [3.05, 3.63) is 35.4 Å². The van der Waals surface area contributed by atoms with Crippen molar-refractivity contribution in [3.63, 3.8) is 0 Å². The van der Waals surface area contributed by atoms with Gasteiger partial charge in [-0.25, -0.2) is 13.2 Å². The largest absolute Gasteiger partial charge is 0.478 e. The van der Waals surface area contributed by atoms with E-state index in [1.165, 1.54) is 12.1 Å². The molecule has 0 spiro atoms. The molecule has 0 bridgehead atoms. The third-order valence-electron chi connectivity index (χ3n) is 3.28. The molecule has 1 aliphatic rings. The Morgan fingerprint density at radius 2 is 2.10 bits per heavy atom. The Labute approximate surface area is 119 Å². The lowest BCUT2D eigenvalue weighted by molar-refractivity contribution is 0.0696. The first-order valence-electron chi connectivity index (χ1n) is 6.76. The van der Waals surface area contributed by atoms with Gasteiger partial charge in [-0.3, -0.25) is 0 Å². The van der Waals surface area contributed by atoms with E-state index in [1.807, 2.05) is 6.92 Å². The van der Waals surface area contributed by atoms with E-state index in [9.17, 15) is 13.2 Å². The van der Waals surface area contributed by atoms with E-state index in [2.05, 4.69) is 0 Å². The first-order chi connectivity index (χ1) is 9.44. The van der Waals surface area contributed by atoms with Gasteiger partial charge < -0.3 is 5.11 Å². The van der Waals surface area contributed by atoms with Crippen LogP contribution in [0.15, 0.2) is 24.3 Å². The maximum atomic E-state index is 12.4. The molecule has 1 aromatic carbocycles. The van der Waals surface area contributed by atoms with Gasteiger partial charge >= 0.3 is 5.97 Å². The van der Waals surface area contributed by atoms with Crippen LogP contribution in [0.5, 0.6) is 0 Å². The summed E-state index contributed by atoms with van der Waals surface area (Å²) in [5.41, 5.74) is 0.637. The van der Waals surface area contributed by atoms with Crippen molar-refractivity contribution in [1.29, 1.82) is 0 Å². The molecule has 0 aliphatic heterocycles. The fourth-order valence-electron chi connectivity index (χ4n) is 2.22. The second kappa shape index (κ2) is 5.93. The van der Waals surface area contributed by atoms with Crippen molar-refractivity contribution in [2.24, 2.45) is 0 Å². The molecular weight excluding hydrogens is 278 g/mol. The molecule has 20 heavy (non-hydrogen) atoms. The fraction of sp³-hybridized carbons (Fsp3) is 0.500. The number of carbonyl (C=O) groups is 1. The Morgan fingerprint density at radius 3 is 2.65 bits per heavy atom. The van der Waals surface area contributed by atoms with Crippen molar-refractivity contribution in [2.75, 3.05) is 6.54 Å². The summed E-state index contributed by atoms with van der Waals surface area (Å²) in [5.74, 6) is -1.18. The number of benzene rings is 1. The molecule has 5 nitrogen and oxygen atoms in total. The van der Waals surface area contributed by atoms with Gasteiger partial charge in [0.1, 0.15) is 0 Å². The van der Waals surface area contributed by atoms with Crippen LogP contribution >= 0.6 is 0 Å². The van der Waals surface area contributed by atoms with Crippen LogP contribution in [0.25, 0.3) is 0 Å². The molecule has 1 aromatic rings. The zero-order chi connectivity index (χ0) is 14.8. The van der Waals surface area contributed by atoms with Gasteiger partial charge in [0.25, 0.3) is 0 Å². The lowest BCUT2D eigenvalue weighted by Gasteiger charge is -2.21. The zero-order valence-corrected chi connectivity index (χ0v) is 12.3. The van der Waals surface area contributed by atoms with E-state index in [0.717, 1.165) is 19.3 Å². The van der Waals surface area contributed by atoms with E-state index in [4.69, 9.17) is 5.11 Å². The summed E-state index contributed by atoms with van der Waals surface area (Å²) in [7, 11) is -3.38. The minimum Gasteiger partial charge on any atom is -0.478 e. The molecular formula is C14H19NO4S. The highest BCUT2D eigenvalue weighted by Gasteiger charge is 2.36. The van der Waals surface area contributed by atoms with Crippen LogP contribution in [0.3, 0.4) is 0 Å². The summed E-state index contributed by atoms with van der Waals surface area (Å²) in [6.07, 6.45) is 2.63. The molecule has 1 saturated carbocycles. The smallest absolute Gasteiger partial charge is 0.335 e. The van der Waals surface area contributed by atoms with Gasteiger partial charge in [-0.05, 0) is 37.0 Å². The number of hydrogen-bond donors (Lipinski definition) is 1. The van der Waals surface area contributed by atoms with Crippen molar-refractivity contribution >= 4 is 16.0 Å². The molecule has 0 aromatic heterocycles. The van der Waals surface area contributed by atoms with Gasteiger partial charge in [0.15, 0.2) is 0 Å². The SMILES string of the molecule is CCCN(C1CC1)S(=O)(=O)Cc1cccc(C(=O)O)c1. The lowest BCUT2D eigenvalue weighted by atomic mass is 10.1. The molecule has 1 aliphatic carbocycles. The van der Waals surface area contributed by atoms with E-state index in [0.29, 0.717) is 12.1 Å². The highest BCUT2D eigenvalue weighted by molar-refractivity contribution is 7.88. The highest BCUT2D eigenvalue weighted by atomic mass is 32.2. The van der Waals surface area contributed by atoms with Crippen LogP contribution < -0.4 is 0 Å². The summed E-state index contributed by atoms with van der Waals surface area (Å²) in [4.78, 5) is 10.9. The van der Waals surface area contributed by atoms with Gasteiger partial charge in [-0.1, -0.05) is 19.1 Å². The number of carboxylic acids is 1. The van der Waals surface area contributed by atoms with Gasteiger partial charge in [0.2, 0.25) is 10.0 Å². The third kappa shape index (κ3) is 3.58. The van der Waals surface area contributed by atoms with Gasteiger partial charge in [-0.15, -0.1) is 0 Å². The van der Waals surface area contributed by atoms with E-state index >= 15 is 0 Å². The second-order valence-electron chi connectivity index (χ2n) is 5.10. The molecule has 0 amide bonds. The minimum absolute atomic E-state index is 0.117. The summed E-state index contributed by atoms with van der Waals surface area (Å²) < 4.78 is 26.4.